The lowest BCUT2D eigenvalue weighted by Crippen LogP contribution is -2.39. The van der Waals surface area contributed by atoms with Crippen LogP contribution in [-0.4, -0.2) is 25.8 Å². The molecule has 0 fully saturated rings. The molecule has 0 unspecified atom stereocenters. The molecule has 0 amide bonds. The highest BCUT2D eigenvalue weighted by molar-refractivity contribution is 5.72. The molecule has 0 radical (unpaired) electrons. The predicted octanol–water partition coefficient (Wildman–Crippen LogP) is 2.73. The molecule has 4 aromatic rings. The molecule has 2 aromatic heterocycles. The average molecular weight is 390 g/mol. The Bertz CT molecular complexity index is 1280. The summed E-state index contributed by atoms with van der Waals surface area (Å²) >= 11 is 0. The molecular weight excluding hydrogens is 368 g/mol. The lowest BCUT2D eigenvalue weighted by Gasteiger charge is -2.12. The van der Waals surface area contributed by atoms with Gasteiger partial charge in [-0.1, -0.05) is 29.8 Å². The first kappa shape index (κ1) is 18.7. The van der Waals surface area contributed by atoms with Gasteiger partial charge in [-0.2, -0.15) is 0 Å². The topological polar surface area (TPSA) is 71.0 Å². The number of fused-ring (bicyclic) bond motifs is 1. The molecule has 0 spiro atoms. The minimum atomic E-state index is -0.386. The zero-order valence-electron chi connectivity index (χ0n) is 16.6. The lowest BCUT2D eigenvalue weighted by atomic mass is 10.2. The van der Waals surface area contributed by atoms with Crippen LogP contribution in [0.4, 0.5) is 0 Å². The van der Waals surface area contributed by atoms with Crippen LogP contribution in [0.3, 0.4) is 0 Å². The minimum absolute atomic E-state index is 0.285. The monoisotopic (exact) mass is 390 g/mol. The SMILES string of the molecule is CCn1c(=O)c2c(ncn2Cc2ccc(OC)cc2)n(-c2ccc(C)cc2)c1=O. The zero-order valence-corrected chi connectivity index (χ0v) is 16.6. The molecule has 0 atom stereocenters. The Morgan fingerprint density at radius 1 is 1.00 bits per heavy atom. The van der Waals surface area contributed by atoms with Crippen LogP contribution in [-0.2, 0) is 13.1 Å². The Labute approximate surface area is 167 Å². The number of imidazole rings is 1. The summed E-state index contributed by atoms with van der Waals surface area (Å²) < 4.78 is 9.74. The number of aryl methyl sites for hydroxylation is 1. The lowest BCUT2D eigenvalue weighted by molar-refractivity contribution is 0.414. The van der Waals surface area contributed by atoms with Gasteiger partial charge in [-0.15, -0.1) is 0 Å². The van der Waals surface area contributed by atoms with Gasteiger partial charge in [-0.25, -0.2) is 14.3 Å². The van der Waals surface area contributed by atoms with Crippen molar-refractivity contribution in [2.24, 2.45) is 0 Å². The highest BCUT2D eigenvalue weighted by Crippen LogP contribution is 2.17. The summed E-state index contributed by atoms with van der Waals surface area (Å²) in [5.74, 6) is 0.769. The second-order valence-corrected chi connectivity index (χ2v) is 6.90. The van der Waals surface area contributed by atoms with Crippen molar-refractivity contribution in [3.63, 3.8) is 0 Å². The Hall–Kier alpha value is -3.61. The first-order chi connectivity index (χ1) is 14.0. The van der Waals surface area contributed by atoms with Crippen molar-refractivity contribution in [3.05, 3.63) is 86.8 Å². The van der Waals surface area contributed by atoms with E-state index in [4.69, 9.17) is 4.74 Å². The first-order valence-corrected chi connectivity index (χ1v) is 9.44. The van der Waals surface area contributed by atoms with Gasteiger partial charge in [0.2, 0.25) is 0 Å². The van der Waals surface area contributed by atoms with Crippen molar-refractivity contribution in [2.45, 2.75) is 26.9 Å². The van der Waals surface area contributed by atoms with E-state index in [0.29, 0.717) is 23.4 Å². The van der Waals surface area contributed by atoms with Crippen LogP contribution >= 0.6 is 0 Å². The zero-order chi connectivity index (χ0) is 20.5. The van der Waals surface area contributed by atoms with E-state index < -0.39 is 0 Å². The van der Waals surface area contributed by atoms with Crippen LogP contribution < -0.4 is 16.0 Å². The molecule has 29 heavy (non-hydrogen) atoms. The van der Waals surface area contributed by atoms with Crippen molar-refractivity contribution >= 4 is 11.2 Å². The third-order valence-electron chi connectivity index (χ3n) is 5.02. The first-order valence-electron chi connectivity index (χ1n) is 9.44. The fraction of sp³-hybridized carbons (Fsp3) is 0.227. The number of nitrogens with zero attached hydrogens (tertiary/aromatic N) is 4. The fourth-order valence-electron chi connectivity index (χ4n) is 3.43. The van der Waals surface area contributed by atoms with Gasteiger partial charge in [0, 0.05) is 13.1 Å². The number of hydrogen-bond donors (Lipinski definition) is 0. The van der Waals surface area contributed by atoms with E-state index in [-0.39, 0.29) is 17.8 Å². The van der Waals surface area contributed by atoms with Gasteiger partial charge in [0.15, 0.2) is 11.2 Å². The Morgan fingerprint density at radius 2 is 1.69 bits per heavy atom. The molecule has 0 aliphatic heterocycles. The quantitative estimate of drug-likeness (QED) is 0.525. The van der Waals surface area contributed by atoms with E-state index in [1.54, 1.807) is 24.9 Å². The summed E-state index contributed by atoms with van der Waals surface area (Å²) in [6, 6.07) is 15.2. The van der Waals surface area contributed by atoms with Gasteiger partial charge in [0.25, 0.3) is 5.56 Å². The summed E-state index contributed by atoms with van der Waals surface area (Å²) in [5, 5.41) is 0. The summed E-state index contributed by atoms with van der Waals surface area (Å²) in [6.07, 6.45) is 1.61. The van der Waals surface area contributed by atoms with Crippen LogP contribution in [0, 0.1) is 6.92 Å². The second-order valence-electron chi connectivity index (χ2n) is 6.90. The molecule has 0 aliphatic carbocycles. The Morgan fingerprint density at radius 3 is 2.31 bits per heavy atom. The third-order valence-corrected chi connectivity index (χ3v) is 5.02. The van der Waals surface area contributed by atoms with Crippen LogP contribution in [0.15, 0.2) is 64.4 Å². The van der Waals surface area contributed by atoms with Crippen molar-refractivity contribution in [3.8, 4) is 11.4 Å². The van der Waals surface area contributed by atoms with E-state index >= 15 is 0 Å². The highest BCUT2D eigenvalue weighted by atomic mass is 16.5. The Kier molecular flexibility index (Phi) is 4.80. The summed E-state index contributed by atoms with van der Waals surface area (Å²) in [6.45, 7) is 4.52. The molecule has 0 saturated heterocycles. The molecule has 2 aromatic carbocycles. The van der Waals surface area contributed by atoms with Gasteiger partial charge in [0.05, 0.1) is 19.1 Å². The maximum Gasteiger partial charge on any atom is 0.337 e. The molecule has 0 bridgehead atoms. The van der Waals surface area contributed by atoms with Gasteiger partial charge in [-0.3, -0.25) is 9.36 Å². The number of benzene rings is 2. The van der Waals surface area contributed by atoms with Crippen LogP contribution in [0.1, 0.15) is 18.1 Å². The number of hydrogen-bond acceptors (Lipinski definition) is 4. The maximum absolute atomic E-state index is 13.1. The number of rotatable bonds is 5. The highest BCUT2D eigenvalue weighted by Gasteiger charge is 2.18. The average Bonchev–Trinajstić information content (AvgIpc) is 3.14. The van der Waals surface area contributed by atoms with E-state index in [1.807, 2.05) is 55.5 Å². The summed E-state index contributed by atoms with van der Waals surface area (Å²) in [7, 11) is 1.62. The van der Waals surface area contributed by atoms with E-state index in [0.717, 1.165) is 16.9 Å². The molecule has 7 heteroatoms. The van der Waals surface area contributed by atoms with E-state index in [1.165, 1.54) is 9.13 Å². The van der Waals surface area contributed by atoms with Gasteiger partial charge in [0.1, 0.15) is 5.75 Å². The molecular formula is C22H22N4O3. The molecule has 0 saturated carbocycles. The summed E-state index contributed by atoms with van der Waals surface area (Å²) in [5.41, 5.74) is 2.82. The van der Waals surface area contributed by atoms with Gasteiger partial charge < -0.3 is 9.30 Å². The molecule has 4 rings (SSSR count). The standard InChI is InChI=1S/C22H22N4O3/c1-4-25-21(27)19-20(26(22(25)28)17-9-5-15(2)6-10-17)23-14-24(19)13-16-7-11-18(29-3)12-8-16/h5-12,14H,4,13H2,1-3H3. The van der Waals surface area contributed by atoms with Crippen molar-refractivity contribution in [1.29, 1.82) is 0 Å². The van der Waals surface area contributed by atoms with Gasteiger partial charge >= 0.3 is 5.69 Å². The molecule has 148 valence electrons. The van der Waals surface area contributed by atoms with E-state index in [9.17, 15) is 9.59 Å². The molecule has 2 heterocycles. The molecule has 0 N–H and O–H groups in total. The van der Waals surface area contributed by atoms with E-state index in [2.05, 4.69) is 4.98 Å². The normalized spacial score (nSPS) is 11.1. The van der Waals surface area contributed by atoms with Crippen molar-refractivity contribution in [1.82, 2.24) is 18.7 Å². The van der Waals surface area contributed by atoms with Crippen molar-refractivity contribution < 1.29 is 4.74 Å². The van der Waals surface area contributed by atoms with Gasteiger partial charge in [-0.05, 0) is 43.7 Å². The predicted molar refractivity (Wildman–Crippen MR) is 112 cm³/mol. The number of aromatic nitrogens is 4. The minimum Gasteiger partial charge on any atom is -0.497 e. The third kappa shape index (κ3) is 3.24. The smallest absolute Gasteiger partial charge is 0.337 e. The van der Waals surface area contributed by atoms with Crippen molar-refractivity contribution in [2.75, 3.05) is 7.11 Å². The number of methoxy groups -OCH3 is 1. The van der Waals surface area contributed by atoms with Crippen LogP contribution in [0.2, 0.25) is 0 Å². The van der Waals surface area contributed by atoms with Crippen LogP contribution in [0.5, 0.6) is 5.75 Å². The van der Waals surface area contributed by atoms with Crippen LogP contribution in [0.25, 0.3) is 16.9 Å². The number of ether oxygens (including phenoxy) is 1. The summed E-state index contributed by atoms with van der Waals surface area (Å²) in [4.78, 5) is 30.5. The Balaban J connectivity index is 1.92. The largest absolute Gasteiger partial charge is 0.497 e. The molecule has 7 nitrogen and oxygen atoms in total. The fourth-order valence-corrected chi connectivity index (χ4v) is 3.43. The molecule has 0 aliphatic rings. The second kappa shape index (κ2) is 7.43. The maximum atomic E-state index is 13.1.